The van der Waals surface area contributed by atoms with E-state index in [0.717, 1.165) is 4.79 Å². The monoisotopic (exact) mass is 249 g/mol. The highest BCUT2D eigenvalue weighted by atomic mass is 28.3. The van der Waals surface area contributed by atoms with Gasteiger partial charge in [-0.15, -0.1) is 0 Å². The molecule has 0 saturated heterocycles. The topological polar surface area (TPSA) is 3.24 Å². The van der Waals surface area contributed by atoms with E-state index in [1.807, 2.05) is 0 Å². The molecular weight excluding hydrogens is 222 g/mol. The summed E-state index contributed by atoms with van der Waals surface area (Å²) >= 11 is 0. The summed E-state index contributed by atoms with van der Waals surface area (Å²) in [6.07, 6.45) is 0. The highest BCUT2D eigenvalue weighted by Crippen LogP contribution is 2.17. The molecule has 0 aromatic heterocycles. The molecule has 0 aliphatic carbocycles. The molecule has 0 atom stereocenters. The van der Waals surface area contributed by atoms with Crippen molar-refractivity contribution in [1.29, 1.82) is 0 Å². The van der Waals surface area contributed by atoms with Crippen molar-refractivity contribution in [3.63, 3.8) is 0 Å². The van der Waals surface area contributed by atoms with Gasteiger partial charge in [0.15, 0.2) is 0 Å². The summed E-state index contributed by atoms with van der Waals surface area (Å²) in [6.45, 7) is 13.8. The lowest BCUT2D eigenvalue weighted by molar-refractivity contribution is 0.407. The average molecular weight is 250 g/mol. The van der Waals surface area contributed by atoms with Crippen molar-refractivity contribution in [1.82, 2.24) is 4.57 Å². The van der Waals surface area contributed by atoms with E-state index in [1.54, 1.807) is 6.04 Å². The van der Waals surface area contributed by atoms with Crippen molar-refractivity contribution < 1.29 is 0 Å². The molecule has 0 aliphatic heterocycles. The fourth-order valence-corrected chi connectivity index (χ4v) is 16.4. The van der Waals surface area contributed by atoms with Crippen LogP contribution in [-0.2, 0) is 0 Å². The first kappa shape index (κ1) is 13.8. The van der Waals surface area contributed by atoms with Crippen molar-refractivity contribution in [3.05, 3.63) is 0 Å². The van der Waals surface area contributed by atoms with Crippen LogP contribution in [0.15, 0.2) is 0 Å². The standard InChI is InChI=1S/C8H27NSi4/c1-6-9(13-5)8(11-3,12-4)7-10-2/h6-7,10-13H2,1-5H3. The molecule has 5 heteroatoms. The van der Waals surface area contributed by atoms with Crippen molar-refractivity contribution in [3.8, 4) is 0 Å². The Morgan fingerprint density at radius 2 is 1.62 bits per heavy atom. The SMILES string of the molecule is CCN([SiH2]C)C(C[SiH2]C)([SiH2]C)[SiH2]C. The van der Waals surface area contributed by atoms with Crippen molar-refractivity contribution in [2.75, 3.05) is 6.54 Å². The van der Waals surface area contributed by atoms with E-state index < -0.39 is 0 Å². The van der Waals surface area contributed by atoms with E-state index in [0.29, 0.717) is 0 Å². The molecule has 1 nitrogen and oxygen atoms in total. The molecule has 80 valence electrons. The lowest BCUT2D eigenvalue weighted by atomic mass is 10.6. The second kappa shape index (κ2) is 7.16. The predicted molar refractivity (Wildman–Crippen MR) is 77.6 cm³/mol. The van der Waals surface area contributed by atoms with Gasteiger partial charge in [0.2, 0.25) is 0 Å². The number of hydrogen-bond donors (Lipinski definition) is 0. The van der Waals surface area contributed by atoms with E-state index in [4.69, 9.17) is 0 Å². The van der Waals surface area contributed by atoms with Gasteiger partial charge >= 0.3 is 0 Å². The molecule has 0 fully saturated rings. The van der Waals surface area contributed by atoms with Crippen molar-refractivity contribution in [2.45, 2.75) is 43.9 Å². The van der Waals surface area contributed by atoms with Gasteiger partial charge in [0, 0.05) is 28.6 Å². The van der Waals surface area contributed by atoms with E-state index in [-0.39, 0.29) is 38.2 Å². The summed E-state index contributed by atoms with van der Waals surface area (Å²) in [4.78, 5) is 0.886. The molecule has 0 aromatic carbocycles. The Morgan fingerprint density at radius 3 is 1.85 bits per heavy atom. The summed E-state index contributed by atoms with van der Waals surface area (Å²) < 4.78 is 2.93. The Kier molecular flexibility index (Phi) is 7.62. The Hall–Kier alpha value is 0.828. The fraction of sp³-hybridized carbons (Fsp3) is 1.00. The molecule has 0 aliphatic rings. The fourth-order valence-electron chi connectivity index (χ4n) is 2.57. The van der Waals surface area contributed by atoms with Gasteiger partial charge in [-0.1, -0.05) is 39.2 Å². The van der Waals surface area contributed by atoms with E-state index in [2.05, 4.69) is 37.7 Å². The van der Waals surface area contributed by atoms with Crippen LogP contribution in [0.3, 0.4) is 0 Å². The van der Waals surface area contributed by atoms with Gasteiger partial charge in [0.25, 0.3) is 0 Å². The molecule has 0 aromatic rings. The molecule has 0 spiro atoms. The number of nitrogens with zero attached hydrogens (tertiary/aromatic N) is 1. The van der Waals surface area contributed by atoms with Crippen molar-refractivity contribution >= 4 is 38.2 Å². The average Bonchev–Trinajstić information content (AvgIpc) is 2.18. The van der Waals surface area contributed by atoms with Crippen LogP contribution in [0.5, 0.6) is 0 Å². The molecule has 0 radical (unpaired) electrons. The molecule has 0 N–H and O–H groups in total. The maximum Gasteiger partial charge on any atom is 0.0918 e. The summed E-state index contributed by atoms with van der Waals surface area (Å²) in [5, 5.41) is 0. The van der Waals surface area contributed by atoms with Crippen LogP contribution in [0.1, 0.15) is 6.92 Å². The first-order valence-electron chi connectivity index (χ1n) is 5.95. The summed E-state index contributed by atoms with van der Waals surface area (Å²) in [6, 6.07) is 1.65. The van der Waals surface area contributed by atoms with Gasteiger partial charge < -0.3 is 4.57 Å². The van der Waals surface area contributed by atoms with Crippen LogP contribution in [0, 0.1) is 0 Å². The third-order valence-corrected chi connectivity index (χ3v) is 16.3. The van der Waals surface area contributed by atoms with E-state index >= 15 is 0 Å². The van der Waals surface area contributed by atoms with Crippen LogP contribution in [0.4, 0.5) is 0 Å². The highest BCUT2D eigenvalue weighted by molar-refractivity contribution is 6.65. The normalized spacial score (nSPS) is 19.8. The molecular formula is C8H27NSi4. The minimum atomic E-state index is 0.107. The van der Waals surface area contributed by atoms with Crippen LogP contribution in [-0.4, -0.2) is 54.1 Å². The third-order valence-electron chi connectivity index (χ3n) is 3.47. The van der Waals surface area contributed by atoms with E-state index in [1.165, 1.54) is 6.54 Å². The maximum atomic E-state index is 2.93. The Labute approximate surface area is 93.4 Å². The molecule has 0 amide bonds. The first-order valence-corrected chi connectivity index (χ1v) is 14.7. The van der Waals surface area contributed by atoms with Crippen LogP contribution in [0.25, 0.3) is 0 Å². The van der Waals surface area contributed by atoms with Gasteiger partial charge in [-0.2, -0.15) is 0 Å². The molecule has 0 unspecified atom stereocenters. The van der Waals surface area contributed by atoms with Gasteiger partial charge in [0.1, 0.15) is 0 Å². The zero-order valence-electron chi connectivity index (χ0n) is 10.2. The van der Waals surface area contributed by atoms with E-state index in [9.17, 15) is 0 Å². The second-order valence-corrected chi connectivity index (χ2v) is 11.8. The predicted octanol–water partition coefficient (Wildman–Crippen LogP) is -0.837. The molecule has 0 heterocycles. The minimum absolute atomic E-state index is 0.107. The largest absolute Gasteiger partial charge is 0.331 e. The molecule has 13 heavy (non-hydrogen) atoms. The van der Waals surface area contributed by atoms with Crippen LogP contribution >= 0.6 is 0 Å². The molecule has 0 bridgehead atoms. The highest BCUT2D eigenvalue weighted by Gasteiger charge is 2.30. The summed E-state index contributed by atoms with van der Waals surface area (Å²) in [5.41, 5.74) is 0. The van der Waals surface area contributed by atoms with Crippen molar-refractivity contribution in [2.24, 2.45) is 0 Å². The first-order chi connectivity index (χ1) is 6.20. The second-order valence-electron chi connectivity index (χ2n) is 3.85. The minimum Gasteiger partial charge on any atom is -0.331 e. The third kappa shape index (κ3) is 3.47. The molecule has 0 saturated carbocycles. The van der Waals surface area contributed by atoms with Crippen LogP contribution in [0.2, 0.25) is 32.2 Å². The number of hydrogen-bond acceptors (Lipinski definition) is 1. The lowest BCUT2D eigenvalue weighted by Crippen LogP contribution is -2.57. The summed E-state index contributed by atoms with van der Waals surface area (Å²) in [7, 11) is 0.779. The number of rotatable bonds is 7. The Morgan fingerprint density at radius 1 is 1.08 bits per heavy atom. The van der Waals surface area contributed by atoms with Gasteiger partial charge in [0.05, 0.1) is 9.68 Å². The zero-order chi connectivity index (χ0) is 10.3. The Bertz CT molecular complexity index is 123. The van der Waals surface area contributed by atoms with Gasteiger partial charge in [-0.05, 0) is 11.3 Å². The smallest absolute Gasteiger partial charge is 0.0918 e. The lowest BCUT2D eigenvalue weighted by Gasteiger charge is -2.42. The molecule has 0 rings (SSSR count). The Balaban J connectivity index is 4.50. The van der Waals surface area contributed by atoms with Gasteiger partial charge in [-0.3, -0.25) is 0 Å². The van der Waals surface area contributed by atoms with Crippen LogP contribution < -0.4 is 0 Å². The summed E-state index contributed by atoms with van der Waals surface area (Å²) in [5.74, 6) is 0. The zero-order valence-corrected chi connectivity index (χ0v) is 15.8. The van der Waals surface area contributed by atoms with Gasteiger partial charge in [-0.25, -0.2) is 0 Å². The maximum absolute atomic E-state index is 2.93. The quantitative estimate of drug-likeness (QED) is 0.532.